The lowest BCUT2D eigenvalue weighted by Crippen LogP contribution is -2.42. The van der Waals surface area contributed by atoms with Gasteiger partial charge in [0.15, 0.2) is 0 Å². The van der Waals surface area contributed by atoms with Gasteiger partial charge in [0.25, 0.3) is 0 Å². The van der Waals surface area contributed by atoms with Crippen molar-refractivity contribution in [1.29, 1.82) is 0 Å². The maximum Gasteiger partial charge on any atom is 0.318 e. The van der Waals surface area contributed by atoms with E-state index in [0.29, 0.717) is 28.8 Å². The summed E-state index contributed by atoms with van der Waals surface area (Å²) in [6, 6.07) is 12.4. The van der Waals surface area contributed by atoms with Crippen molar-refractivity contribution in [3.63, 3.8) is 0 Å². The SMILES string of the molecule is COC(=O)C(CC=C(Br)Br)(c1cccc(Oc2ccc(Cl)cc2)n1)C(C)C. The standard InChI is InChI=1S/C20H20Br2ClNO3/c1-13(2)20(19(25)26-3,12-11-17(21)22)16-5-4-6-18(24-16)27-15-9-7-14(23)8-10-15/h4-11,13H,12H2,1-3H3. The van der Waals surface area contributed by atoms with Crippen LogP contribution in [0.4, 0.5) is 0 Å². The number of ether oxygens (including phenoxy) is 2. The van der Waals surface area contributed by atoms with Crippen LogP contribution < -0.4 is 4.74 Å². The smallest absolute Gasteiger partial charge is 0.318 e. The van der Waals surface area contributed by atoms with Crippen LogP contribution in [-0.4, -0.2) is 18.1 Å². The molecule has 27 heavy (non-hydrogen) atoms. The third kappa shape index (κ3) is 5.33. The molecule has 2 rings (SSSR count). The van der Waals surface area contributed by atoms with Gasteiger partial charge in [0.05, 0.1) is 16.2 Å². The second-order valence-corrected chi connectivity index (χ2v) is 9.44. The molecule has 1 unspecified atom stereocenters. The lowest BCUT2D eigenvalue weighted by atomic mass is 9.71. The van der Waals surface area contributed by atoms with Gasteiger partial charge in [0.1, 0.15) is 11.2 Å². The normalized spacial score (nSPS) is 13.0. The number of hydrogen-bond donors (Lipinski definition) is 0. The Labute approximate surface area is 181 Å². The van der Waals surface area contributed by atoms with E-state index in [-0.39, 0.29) is 11.9 Å². The van der Waals surface area contributed by atoms with Gasteiger partial charge < -0.3 is 9.47 Å². The highest BCUT2D eigenvalue weighted by Gasteiger charge is 2.45. The van der Waals surface area contributed by atoms with Crippen molar-refractivity contribution in [2.24, 2.45) is 5.92 Å². The van der Waals surface area contributed by atoms with Gasteiger partial charge in [0.2, 0.25) is 5.88 Å². The largest absolute Gasteiger partial charge is 0.468 e. The second-order valence-electron chi connectivity index (χ2n) is 6.23. The van der Waals surface area contributed by atoms with E-state index >= 15 is 0 Å². The summed E-state index contributed by atoms with van der Waals surface area (Å²) >= 11 is 12.6. The van der Waals surface area contributed by atoms with Crippen LogP contribution in [0.1, 0.15) is 26.0 Å². The summed E-state index contributed by atoms with van der Waals surface area (Å²) in [5.74, 6) is 0.607. The van der Waals surface area contributed by atoms with Crippen LogP contribution in [0.5, 0.6) is 11.6 Å². The molecule has 1 aromatic heterocycles. The van der Waals surface area contributed by atoms with E-state index in [1.165, 1.54) is 7.11 Å². The first-order chi connectivity index (χ1) is 12.8. The number of halogens is 3. The first-order valence-electron chi connectivity index (χ1n) is 8.30. The zero-order chi connectivity index (χ0) is 20.0. The van der Waals surface area contributed by atoms with Crippen LogP contribution in [0.15, 0.2) is 51.9 Å². The van der Waals surface area contributed by atoms with Gasteiger partial charge in [0, 0.05) is 11.1 Å². The summed E-state index contributed by atoms with van der Waals surface area (Å²) in [6.45, 7) is 3.95. The Kier molecular flexibility index (Phi) is 7.89. The Balaban J connectivity index is 2.47. The van der Waals surface area contributed by atoms with Gasteiger partial charge >= 0.3 is 5.97 Å². The summed E-state index contributed by atoms with van der Waals surface area (Å²) in [5.41, 5.74) is -0.353. The molecule has 0 amide bonds. The maximum atomic E-state index is 12.8. The highest BCUT2D eigenvalue weighted by atomic mass is 79.9. The van der Waals surface area contributed by atoms with Crippen molar-refractivity contribution in [2.75, 3.05) is 7.11 Å². The molecule has 0 aliphatic rings. The van der Waals surface area contributed by atoms with Gasteiger partial charge in [-0.15, -0.1) is 0 Å². The molecule has 0 fully saturated rings. The maximum absolute atomic E-state index is 12.8. The number of aromatic nitrogens is 1. The molecule has 1 heterocycles. The number of carbonyl (C=O) groups is 1. The Bertz CT molecular complexity index is 820. The Morgan fingerprint density at radius 1 is 1.22 bits per heavy atom. The molecular weight excluding hydrogens is 497 g/mol. The molecule has 4 nitrogen and oxygen atoms in total. The molecule has 0 radical (unpaired) electrons. The van der Waals surface area contributed by atoms with Gasteiger partial charge in [-0.1, -0.05) is 37.6 Å². The molecule has 0 N–H and O–H groups in total. The van der Waals surface area contributed by atoms with Crippen LogP contribution >= 0.6 is 43.5 Å². The number of methoxy groups -OCH3 is 1. The van der Waals surface area contributed by atoms with Crippen molar-refractivity contribution in [3.8, 4) is 11.6 Å². The van der Waals surface area contributed by atoms with Crippen molar-refractivity contribution in [1.82, 2.24) is 4.98 Å². The number of hydrogen-bond acceptors (Lipinski definition) is 4. The van der Waals surface area contributed by atoms with Gasteiger partial charge in [-0.05, 0) is 74.5 Å². The third-order valence-corrected chi connectivity index (χ3v) is 5.23. The zero-order valence-electron chi connectivity index (χ0n) is 15.2. The molecule has 0 saturated heterocycles. The van der Waals surface area contributed by atoms with E-state index < -0.39 is 5.41 Å². The molecule has 0 bridgehead atoms. The summed E-state index contributed by atoms with van der Waals surface area (Å²) in [5, 5.41) is 0.626. The predicted molar refractivity (Wildman–Crippen MR) is 115 cm³/mol. The molecule has 0 aliphatic heterocycles. The number of nitrogens with zero attached hydrogens (tertiary/aromatic N) is 1. The molecule has 0 spiro atoms. The number of pyridine rings is 1. The summed E-state index contributed by atoms with van der Waals surface area (Å²) in [6.07, 6.45) is 2.30. The average molecular weight is 518 g/mol. The number of rotatable bonds is 7. The molecular formula is C20H20Br2ClNO3. The van der Waals surface area contributed by atoms with Crippen molar-refractivity contribution < 1.29 is 14.3 Å². The fraction of sp³-hybridized carbons (Fsp3) is 0.300. The summed E-state index contributed by atoms with van der Waals surface area (Å²) < 4.78 is 11.7. The van der Waals surface area contributed by atoms with Crippen LogP contribution in [-0.2, 0) is 14.9 Å². The Morgan fingerprint density at radius 2 is 1.89 bits per heavy atom. The van der Waals surface area contributed by atoms with E-state index in [0.717, 1.165) is 3.39 Å². The van der Waals surface area contributed by atoms with Gasteiger partial charge in [-0.2, -0.15) is 0 Å². The lowest BCUT2D eigenvalue weighted by molar-refractivity contribution is -0.149. The number of carbonyl (C=O) groups excluding carboxylic acids is 1. The van der Waals surface area contributed by atoms with E-state index in [1.54, 1.807) is 30.3 Å². The first kappa shape index (κ1) is 21.9. The highest BCUT2D eigenvalue weighted by molar-refractivity contribution is 9.28. The molecule has 0 aliphatic carbocycles. The average Bonchev–Trinajstić information content (AvgIpc) is 2.63. The number of esters is 1. The van der Waals surface area contributed by atoms with E-state index in [1.807, 2.05) is 32.1 Å². The Morgan fingerprint density at radius 3 is 2.44 bits per heavy atom. The molecule has 7 heteroatoms. The van der Waals surface area contributed by atoms with Crippen molar-refractivity contribution in [3.05, 3.63) is 62.6 Å². The Hall–Kier alpha value is -1.37. The van der Waals surface area contributed by atoms with Gasteiger partial charge in [-0.25, -0.2) is 4.98 Å². The number of benzene rings is 1. The lowest BCUT2D eigenvalue weighted by Gasteiger charge is -2.33. The molecule has 0 saturated carbocycles. The fourth-order valence-electron chi connectivity index (χ4n) is 2.82. The summed E-state index contributed by atoms with van der Waals surface area (Å²) in [4.78, 5) is 17.4. The van der Waals surface area contributed by atoms with Crippen LogP contribution in [0.2, 0.25) is 5.02 Å². The zero-order valence-corrected chi connectivity index (χ0v) is 19.1. The predicted octanol–water partition coefficient (Wildman–Crippen LogP) is 6.62. The molecule has 1 aromatic carbocycles. The quantitative estimate of drug-likeness (QED) is 0.388. The second kappa shape index (κ2) is 9.71. The van der Waals surface area contributed by atoms with E-state index in [2.05, 4.69) is 36.8 Å². The van der Waals surface area contributed by atoms with Crippen molar-refractivity contribution in [2.45, 2.75) is 25.7 Å². The first-order valence-corrected chi connectivity index (χ1v) is 10.3. The van der Waals surface area contributed by atoms with E-state index in [4.69, 9.17) is 21.1 Å². The van der Waals surface area contributed by atoms with Gasteiger partial charge in [-0.3, -0.25) is 4.79 Å². The summed E-state index contributed by atoms with van der Waals surface area (Å²) in [7, 11) is 1.39. The van der Waals surface area contributed by atoms with E-state index in [9.17, 15) is 4.79 Å². The minimum Gasteiger partial charge on any atom is -0.468 e. The van der Waals surface area contributed by atoms with Crippen molar-refractivity contribution >= 4 is 49.4 Å². The fourth-order valence-corrected chi connectivity index (χ4v) is 3.27. The minimum absolute atomic E-state index is 0.0566. The monoisotopic (exact) mass is 515 g/mol. The highest BCUT2D eigenvalue weighted by Crippen LogP contribution is 2.39. The molecule has 2 aromatic rings. The third-order valence-electron chi connectivity index (χ3n) is 4.33. The molecule has 144 valence electrons. The topological polar surface area (TPSA) is 48.4 Å². The van der Waals surface area contributed by atoms with Crippen LogP contribution in [0, 0.1) is 5.92 Å². The molecule has 1 atom stereocenters. The minimum atomic E-state index is -0.944. The van der Waals surface area contributed by atoms with Crippen LogP contribution in [0.25, 0.3) is 0 Å². The van der Waals surface area contributed by atoms with Crippen LogP contribution in [0.3, 0.4) is 0 Å². The number of allylic oxidation sites excluding steroid dienone is 1.